The fraction of sp³-hybridized carbons (Fsp3) is 0.850. The van der Waals surface area contributed by atoms with E-state index in [-0.39, 0.29) is 23.9 Å². The molecule has 1 N–H and O–H groups in total. The number of carbonyl (C=O) groups excluding carboxylic acids is 3. The third-order valence-corrected chi connectivity index (χ3v) is 6.27. The molecule has 0 bridgehead atoms. The second-order valence-electron chi connectivity index (χ2n) is 9.61. The molecule has 0 aromatic carbocycles. The van der Waals surface area contributed by atoms with Crippen LogP contribution in [0.5, 0.6) is 0 Å². The molecule has 0 unspecified atom stereocenters. The highest BCUT2D eigenvalue weighted by Crippen LogP contribution is 2.33. The minimum Gasteiger partial charge on any atom is -0.340 e. The van der Waals surface area contributed by atoms with Gasteiger partial charge in [-0.25, -0.2) is 4.79 Å². The molecule has 4 amide bonds. The van der Waals surface area contributed by atoms with Gasteiger partial charge in [0.15, 0.2) is 0 Å². The SMILES string of the molecule is CC(C)N1CCC2(CC1)NC(=O)N([C@@H]1CCCN(C(=O)C(C)(C)C)C1)C2=O. The molecule has 3 heterocycles. The highest BCUT2D eigenvalue weighted by Gasteiger charge is 2.54. The number of nitrogens with one attached hydrogen (secondary N) is 1. The van der Waals surface area contributed by atoms with E-state index in [0.29, 0.717) is 32.0 Å². The summed E-state index contributed by atoms with van der Waals surface area (Å²) in [5.74, 6) is -0.00910. The number of urea groups is 1. The molecular weight excluding hydrogens is 344 g/mol. The van der Waals surface area contributed by atoms with E-state index in [1.807, 2.05) is 25.7 Å². The van der Waals surface area contributed by atoms with E-state index in [1.54, 1.807) is 0 Å². The Labute approximate surface area is 162 Å². The summed E-state index contributed by atoms with van der Waals surface area (Å²) >= 11 is 0. The Morgan fingerprint density at radius 2 is 1.78 bits per heavy atom. The first-order chi connectivity index (χ1) is 12.5. The van der Waals surface area contributed by atoms with Gasteiger partial charge in [-0.15, -0.1) is 0 Å². The molecule has 152 valence electrons. The molecule has 0 saturated carbocycles. The van der Waals surface area contributed by atoms with Gasteiger partial charge >= 0.3 is 6.03 Å². The fourth-order valence-corrected chi connectivity index (χ4v) is 4.56. The molecule has 7 heteroatoms. The van der Waals surface area contributed by atoms with E-state index >= 15 is 0 Å². The maximum atomic E-state index is 13.3. The van der Waals surface area contributed by atoms with Crippen molar-refractivity contribution in [2.45, 2.75) is 77.9 Å². The van der Waals surface area contributed by atoms with Gasteiger partial charge in [0.05, 0.1) is 6.04 Å². The van der Waals surface area contributed by atoms with Crippen LogP contribution in [0.25, 0.3) is 0 Å². The molecule has 3 rings (SSSR count). The number of rotatable bonds is 2. The summed E-state index contributed by atoms with van der Waals surface area (Å²) in [6, 6.07) is -0.0610. The topological polar surface area (TPSA) is 73.0 Å². The lowest BCUT2D eigenvalue weighted by atomic mass is 9.86. The zero-order chi connectivity index (χ0) is 20.0. The molecule has 3 saturated heterocycles. The fourth-order valence-electron chi connectivity index (χ4n) is 4.56. The minimum absolute atomic E-state index is 0.0826. The van der Waals surface area contributed by atoms with Crippen LogP contribution >= 0.6 is 0 Å². The predicted molar refractivity (Wildman–Crippen MR) is 103 cm³/mol. The minimum atomic E-state index is -0.751. The van der Waals surface area contributed by atoms with Crippen molar-refractivity contribution in [3.8, 4) is 0 Å². The van der Waals surface area contributed by atoms with Crippen LogP contribution in [-0.2, 0) is 9.59 Å². The molecule has 3 aliphatic rings. The standard InChI is InChI=1S/C20H34N4O3/c1-14(2)22-11-8-20(9-12-22)17(26)24(18(27)21-20)15-7-6-10-23(13-15)16(25)19(3,4)5/h14-15H,6-13H2,1-5H3,(H,21,27)/t15-/m1/s1. The smallest absolute Gasteiger partial charge is 0.325 e. The van der Waals surface area contributed by atoms with Crippen molar-refractivity contribution in [3.63, 3.8) is 0 Å². The van der Waals surface area contributed by atoms with Gasteiger partial charge in [0, 0.05) is 37.6 Å². The Morgan fingerprint density at radius 3 is 2.33 bits per heavy atom. The zero-order valence-electron chi connectivity index (χ0n) is 17.4. The van der Waals surface area contributed by atoms with Crippen molar-refractivity contribution in [2.75, 3.05) is 26.2 Å². The van der Waals surface area contributed by atoms with Crippen LogP contribution in [0.15, 0.2) is 0 Å². The molecule has 0 aromatic heterocycles. The maximum absolute atomic E-state index is 13.3. The molecule has 1 atom stereocenters. The lowest BCUT2D eigenvalue weighted by molar-refractivity contribution is -0.144. The zero-order valence-corrected chi connectivity index (χ0v) is 17.4. The molecular formula is C20H34N4O3. The Morgan fingerprint density at radius 1 is 1.15 bits per heavy atom. The third kappa shape index (κ3) is 3.71. The predicted octanol–water partition coefficient (Wildman–Crippen LogP) is 1.82. The molecule has 0 aromatic rings. The molecule has 27 heavy (non-hydrogen) atoms. The second kappa shape index (κ2) is 7.08. The highest BCUT2D eigenvalue weighted by atomic mass is 16.2. The summed E-state index contributed by atoms with van der Waals surface area (Å²) in [5, 5.41) is 3.01. The number of carbonyl (C=O) groups is 3. The van der Waals surface area contributed by atoms with E-state index < -0.39 is 11.0 Å². The third-order valence-electron chi connectivity index (χ3n) is 6.27. The molecule has 3 fully saturated rings. The van der Waals surface area contributed by atoms with Gasteiger partial charge in [-0.1, -0.05) is 20.8 Å². The Hall–Kier alpha value is -1.63. The highest BCUT2D eigenvalue weighted by molar-refractivity contribution is 6.07. The number of imide groups is 1. The van der Waals surface area contributed by atoms with Crippen molar-refractivity contribution >= 4 is 17.8 Å². The lowest BCUT2D eigenvalue weighted by Gasteiger charge is -2.41. The molecule has 0 radical (unpaired) electrons. The molecule has 7 nitrogen and oxygen atoms in total. The average Bonchev–Trinajstić information content (AvgIpc) is 2.84. The van der Waals surface area contributed by atoms with Gasteiger partial charge in [0.25, 0.3) is 5.91 Å². The van der Waals surface area contributed by atoms with E-state index in [2.05, 4.69) is 24.1 Å². The van der Waals surface area contributed by atoms with Gasteiger partial charge in [-0.2, -0.15) is 0 Å². The average molecular weight is 379 g/mol. The number of hydrogen-bond acceptors (Lipinski definition) is 4. The van der Waals surface area contributed by atoms with Gasteiger partial charge in [0.1, 0.15) is 5.54 Å². The van der Waals surface area contributed by atoms with Crippen LogP contribution in [0.3, 0.4) is 0 Å². The van der Waals surface area contributed by atoms with Crippen LogP contribution in [0.4, 0.5) is 4.79 Å². The largest absolute Gasteiger partial charge is 0.340 e. The van der Waals surface area contributed by atoms with E-state index in [9.17, 15) is 14.4 Å². The summed E-state index contributed by atoms with van der Waals surface area (Å²) in [6.07, 6.45) is 2.90. The monoisotopic (exact) mass is 378 g/mol. The number of hydrogen-bond donors (Lipinski definition) is 1. The van der Waals surface area contributed by atoms with E-state index in [0.717, 1.165) is 25.9 Å². The van der Waals surface area contributed by atoms with Gasteiger partial charge in [-0.05, 0) is 39.5 Å². The first-order valence-electron chi connectivity index (χ1n) is 10.2. The first kappa shape index (κ1) is 20.1. The summed E-state index contributed by atoms with van der Waals surface area (Å²) in [5.41, 5.74) is -1.21. The van der Waals surface area contributed by atoms with Crippen molar-refractivity contribution in [1.82, 2.24) is 20.0 Å². The summed E-state index contributed by atoms with van der Waals surface area (Å²) < 4.78 is 0. The maximum Gasteiger partial charge on any atom is 0.325 e. The van der Waals surface area contributed by atoms with Crippen LogP contribution in [0, 0.1) is 5.41 Å². The van der Waals surface area contributed by atoms with Gasteiger partial charge in [-0.3, -0.25) is 14.5 Å². The van der Waals surface area contributed by atoms with Crippen LogP contribution in [0.2, 0.25) is 0 Å². The number of likely N-dealkylation sites (tertiary alicyclic amines) is 2. The summed E-state index contributed by atoms with van der Waals surface area (Å²) in [6.45, 7) is 12.8. The van der Waals surface area contributed by atoms with Crippen LogP contribution in [0.1, 0.15) is 60.3 Å². The Bertz CT molecular complexity index is 617. The van der Waals surface area contributed by atoms with Crippen molar-refractivity contribution in [2.24, 2.45) is 5.41 Å². The van der Waals surface area contributed by atoms with Crippen LogP contribution in [-0.4, -0.2) is 76.3 Å². The van der Waals surface area contributed by atoms with E-state index in [1.165, 1.54) is 4.90 Å². The summed E-state index contributed by atoms with van der Waals surface area (Å²) in [7, 11) is 0. The Balaban J connectivity index is 1.71. The lowest BCUT2D eigenvalue weighted by Crippen LogP contribution is -2.57. The number of amides is 4. The van der Waals surface area contributed by atoms with Crippen molar-refractivity contribution in [3.05, 3.63) is 0 Å². The molecule has 1 spiro atoms. The number of piperidine rings is 2. The van der Waals surface area contributed by atoms with Gasteiger partial charge in [0.2, 0.25) is 5.91 Å². The van der Waals surface area contributed by atoms with Gasteiger partial charge < -0.3 is 15.1 Å². The second-order valence-corrected chi connectivity index (χ2v) is 9.61. The summed E-state index contributed by atoms with van der Waals surface area (Å²) in [4.78, 5) is 44.2. The van der Waals surface area contributed by atoms with Crippen molar-refractivity contribution < 1.29 is 14.4 Å². The normalized spacial score (nSPS) is 26.8. The van der Waals surface area contributed by atoms with E-state index in [4.69, 9.17) is 0 Å². The Kier molecular flexibility index (Phi) is 5.27. The van der Waals surface area contributed by atoms with Crippen molar-refractivity contribution in [1.29, 1.82) is 0 Å². The quantitative estimate of drug-likeness (QED) is 0.744. The van der Waals surface area contributed by atoms with Crippen LogP contribution < -0.4 is 5.32 Å². The number of nitrogens with zero attached hydrogens (tertiary/aromatic N) is 3. The molecule has 0 aliphatic carbocycles. The molecule has 3 aliphatic heterocycles. The first-order valence-corrected chi connectivity index (χ1v) is 10.2.